The lowest BCUT2D eigenvalue weighted by atomic mass is 9.91. The van der Waals surface area contributed by atoms with Gasteiger partial charge in [-0.3, -0.25) is 4.90 Å². The molecule has 0 unspecified atom stereocenters. The van der Waals surface area contributed by atoms with E-state index in [1.807, 2.05) is 0 Å². The molecule has 0 radical (unpaired) electrons. The molecule has 2 atom stereocenters. The monoisotopic (exact) mass is 261 g/mol. The lowest BCUT2D eigenvalue weighted by molar-refractivity contribution is 0.0217. The van der Waals surface area contributed by atoms with Gasteiger partial charge >= 0.3 is 0 Å². The molecule has 1 aromatic carbocycles. The number of aliphatic hydroxyl groups is 1. The molecule has 2 nitrogen and oxygen atoms in total. The van der Waals surface area contributed by atoms with Gasteiger partial charge in [0.1, 0.15) is 0 Å². The molecule has 0 heterocycles. The molecule has 0 aromatic heterocycles. The van der Waals surface area contributed by atoms with Crippen molar-refractivity contribution in [3.05, 3.63) is 35.9 Å². The van der Waals surface area contributed by atoms with Crippen LogP contribution in [0.3, 0.4) is 0 Å². The molecule has 1 aliphatic rings. The molecular formula is C17H27NO. The Bertz CT molecular complexity index is 352. The third-order valence-corrected chi connectivity index (χ3v) is 4.32. The zero-order chi connectivity index (χ0) is 13.5. The Morgan fingerprint density at radius 3 is 2.58 bits per heavy atom. The number of likely N-dealkylation sites (N-methyl/N-ethyl adjacent to an activating group) is 1. The largest absolute Gasteiger partial charge is 0.391 e. The molecule has 0 saturated heterocycles. The summed E-state index contributed by atoms with van der Waals surface area (Å²) in [7, 11) is 0. The van der Waals surface area contributed by atoms with Gasteiger partial charge in [0.05, 0.1) is 6.10 Å². The number of benzene rings is 1. The lowest BCUT2D eigenvalue weighted by Crippen LogP contribution is -2.45. The number of hydrogen-bond acceptors (Lipinski definition) is 2. The van der Waals surface area contributed by atoms with Crippen LogP contribution < -0.4 is 0 Å². The predicted molar refractivity (Wildman–Crippen MR) is 80.3 cm³/mol. The Labute approximate surface area is 117 Å². The van der Waals surface area contributed by atoms with Gasteiger partial charge in [-0.25, -0.2) is 0 Å². The Balaban J connectivity index is 1.79. The first-order valence-corrected chi connectivity index (χ1v) is 7.77. The van der Waals surface area contributed by atoms with Crippen molar-refractivity contribution < 1.29 is 5.11 Å². The van der Waals surface area contributed by atoms with Gasteiger partial charge in [-0.05, 0) is 44.3 Å². The lowest BCUT2D eigenvalue weighted by Gasteiger charge is -2.37. The van der Waals surface area contributed by atoms with Gasteiger partial charge in [0.25, 0.3) is 0 Å². The van der Waals surface area contributed by atoms with Gasteiger partial charge in [-0.15, -0.1) is 0 Å². The Morgan fingerprint density at radius 1 is 1.16 bits per heavy atom. The van der Waals surface area contributed by atoms with Crippen LogP contribution in [0.25, 0.3) is 0 Å². The van der Waals surface area contributed by atoms with Crippen molar-refractivity contribution in [2.45, 2.75) is 57.6 Å². The fourth-order valence-corrected chi connectivity index (χ4v) is 3.21. The summed E-state index contributed by atoms with van der Waals surface area (Å²) in [5.74, 6) is 0. The average Bonchev–Trinajstić information content (AvgIpc) is 2.46. The SMILES string of the molecule is CCN(CCCc1ccccc1)[C@@H]1CCCC[C@H]1O. The van der Waals surface area contributed by atoms with E-state index in [1.54, 1.807) is 0 Å². The van der Waals surface area contributed by atoms with E-state index in [9.17, 15) is 5.11 Å². The molecule has 19 heavy (non-hydrogen) atoms. The fraction of sp³-hybridized carbons (Fsp3) is 0.647. The summed E-state index contributed by atoms with van der Waals surface area (Å²) >= 11 is 0. The standard InChI is InChI=1S/C17H27NO/c1-2-18(16-12-6-7-13-17(16)19)14-8-11-15-9-4-3-5-10-15/h3-5,9-10,16-17,19H,2,6-8,11-14H2,1H3/t16-,17-/m1/s1. The van der Waals surface area contributed by atoms with E-state index in [2.05, 4.69) is 42.2 Å². The van der Waals surface area contributed by atoms with E-state index >= 15 is 0 Å². The van der Waals surface area contributed by atoms with Crippen molar-refractivity contribution in [3.8, 4) is 0 Å². The van der Waals surface area contributed by atoms with Crippen LogP contribution in [0.15, 0.2) is 30.3 Å². The second-order valence-corrected chi connectivity index (χ2v) is 5.64. The van der Waals surface area contributed by atoms with Crippen LogP contribution in [0.4, 0.5) is 0 Å². The first kappa shape index (κ1) is 14.5. The van der Waals surface area contributed by atoms with Gasteiger partial charge in [-0.1, -0.05) is 50.1 Å². The second-order valence-electron chi connectivity index (χ2n) is 5.64. The summed E-state index contributed by atoms with van der Waals surface area (Å²) in [5, 5.41) is 10.1. The molecule has 1 fully saturated rings. The topological polar surface area (TPSA) is 23.5 Å². The number of nitrogens with zero attached hydrogens (tertiary/aromatic N) is 1. The molecule has 106 valence electrons. The molecular weight excluding hydrogens is 234 g/mol. The molecule has 2 rings (SSSR count). The molecule has 0 bridgehead atoms. The van der Waals surface area contributed by atoms with Crippen molar-refractivity contribution >= 4 is 0 Å². The highest BCUT2D eigenvalue weighted by Gasteiger charge is 2.27. The highest BCUT2D eigenvalue weighted by molar-refractivity contribution is 5.14. The average molecular weight is 261 g/mol. The normalized spacial score (nSPS) is 23.7. The Hall–Kier alpha value is -0.860. The smallest absolute Gasteiger partial charge is 0.0695 e. The summed E-state index contributed by atoms with van der Waals surface area (Å²) in [6.45, 7) is 4.37. The quantitative estimate of drug-likeness (QED) is 0.849. The van der Waals surface area contributed by atoms with Crippen LogP contribution in [0.5, 0.6) is 0 Å². The summed E-state index contributed by atoms with van der Waals surface area (Å²) < 4.78 is 0. The summed E-state index contributed by atoms with van der Waals surface area (Å²) in [6, 6.07) is 11.1. The van der Waals surface area contributed by atoms with Crippen molar-refractivity contribution in [1.29, 1.82) is 0 Å². The molecule has 0 spiro atoms. The van der Waals surface area contributed by atoms with Crippen molar-refractivity contribution in [1.82, 2.24) is 4.90 Å². The summed E-state index contributed by atoms with van der Waals surface area (Å²) in [4.78, 5) is 2.48. The highest BCUT2D eigenvalue weighted by atomic mass is 16.3. The van der Waals surface area contributed by atoms with Crippen molar-refractivity contribution in [2.75, 3.05) is 13.1 Å². The van der Waals surface area contributed by atoms with Crippen LogP contribution in [0.2, 0.25) is 0 Å². The highest BCUT2D eigenvalue weighted by Crippen LogP contribution is 2.23. The minimum absolute atomic E-state index is 0.106. The van der Waals surface area contributed by atoms with E-state index < -0.39 is 0 Å². The third-order valence-electron chi connectivity index (χ3n) is 4.32. The van der Waals surface area contributed by atoms with Gasteiger partial charge < -0.3 is 5.11 Å². The van der Waals surface area contributed by atoms with Gasteiger partial charge in [0.2, 0.25) is 0 Å². The number of aliphatic hydroxyl groups excluding tert-OH is 1. The molecule has 2 heteroatoms. The maximum Gasteiger partial charge on any atom is 0.0695 e. The fourth-order valence-electron chi connectivity index (χ4n) is 3.21. The maximum absolute atomic E-state index is 10.1. The maximum atomic E-state index is 10.1. The van der Waals surface area contributed by atoms with Crippen LogP contribution in [-0.4, -0.2) is 35.2 Å². The van der Waals surface area contributed by atoms with Crippen LogP contribution in [0.1, 0.15) is 44.6 Å². The van der Waals surface area contributed by atoms with Crippen LogP contribution in [-0.2, 0) is 6.42 Å². The Kier molecular flexibility index (Phi) is 5.87. The summed E-state index contributed by atoms with van der Waals surface area (Å²) in [6.07, 6.45) is 6.84. The van der Waals surface area contributed by atoms with Crippen LogP contribution in [0, 0.1) is 0 Å². The van der Waals surface area contributed by atoms with Gasteiger partial charge in [0.15, 0.2) is 0 Å². The Morgan fingerprint density at radius 2 is 1.89 bits per heavy atom. The van der Waals surface area contributed by atoms with E-state index in [1.165, 1.54) is 31.2 Å². The molecule has 1 saturated carbocycles. The third kappa shape index (κ3) is 4.32. The minimum atomic E-state index is -0.106. The number of hydrogen-bond donors (Lipinski definition) is 1. The zero-order valence-electron chi connectivity index (χ0n) is 12.1. The minimum Gasteiger partial charge on any atom is -0.391 e. The van der Waals surface area contributed by atoms with Crippen molar-refractivity contribution in [3.63, 3.8) is 0 Å². The molecule has 1 aliphatic carbocycles. The van der Waals surface area contributed by atoms with E-state index in [4.69, 9.17) is 0 Å². The van der Waals surface area contributed by atoms with Gasteiger partial charge in [0, 0.05) is 6.04 Å². The number of rotatable bonds is 6. The molecule has 1 N–H and O–H groups in total. The van der Waals surface area contributed by atoms with E-state index in [0.717, 1.165) is 25.9 Å². The summed E-state index contributed by atoms with van der Waals surface area (Å²) in [5.41, 5.74) is 1.42. The first-order chi connectivity index (χ1) is 9.31. The van der Waals surface area contributed by atoms with Gasteiger partial charge in [-0.2, -0.15) is 0 Å². The molecule has 1 aromatic rings. The van der Waals surface area contributed by atoms with E-state index in [-0.39, 0.29) is 6.10 Å². The first-order valence-electron chi connectivity index (χ1n) is 7.77. The number of aryl methyl sites for hydroxylation is 1. The second kappa shape index (κ2) is 7.66. The molecule has 0 amide bonds. The predicted octanol–water partition coefficient (Wildman–Crippen LogP) is 3.24. The van der Waals surface area contributed by atoms with Crippen molar-refractivity contribution in [2.24, 2.45) is 0 Å². The molecule has 0 aliphatic heterocycles. The van der Waals surface area contributed by atoms with Crippen LogP contribution >= 0.6 is 0 Å². The van der Waals surface area contributed by atoms with E-state index in [0.29, 0.717) is 6.04 Å². The zero-order valence-corrected chi connectivity index (χ0v) is 12.1.